The van der Waals surface area contributed by atoms with Gasteiger partial charge in [0.2, 0.25) is 11.8 Å². The molecule has 2 fully saturated rings. The molecule has 1 aliphatic carbocycles. The van der Waals surface area contributed by atoms with Gasteiger partial charge in [-0.3, -0.25) is 19.5 Å². The molecule has 286 valence electrons. The van der Waals surface area contributed by atoms with Crippen molar-refractivity contribution in [3.05, 3.63) is 78.5 Å². The topological polar surface area (TPSA) is 143 Å². The van der Waals surface area contributed by atoms with E-state index in [2.05, 4.69) is 41.3 Å². The average Bonchev–Trinajstić information content (AvgIpc) is 3.83. The van der Waals surface area contributed by atoms with E-state index in [1.165, 1.54) is 54.6 Å². The molecule has 1 aliphatic heterocycles. The molecule has 2 heterocycles. The number of hydrogen-bond acceptors (Lipinski definition) is 8. The molecule has 0 bridgehead atoms. The van der Waals surface area contributed by atoms with Crippen molar-refractivity contribution >= 4 is 40.2 Å². The highest BCUT2D eigenvalue weighted by Crippen LogP contribution is 2.54. The molecule has 4 aromatic rings. The third-order valence-corrected chi connectivity index (χ3v) is 10.2. The number of halogens is 2. The Hall–Kier alpha value is -5.50. The third kappa shape index (κ3) is 8.18. The van der Waals surface area contributed by atoms with Crippen LogP contribution in [0.5, 0.6) is 23.0 Å². The zero-order valence-corrected chi connectivity index (χ0v) is 30.9. The van der Waals surface area contributed by atoms with E-state index in [0.717, 1.165) is 12.6 Å². The lowest BCUT2D eigenvalue weighted by Crippen LogP contribution is -2.59. The lowest BCUT2D eigenvalue weighted by molar-refractivity contribution is -0.131. The number of carboxylic acid groups (broad SMARTS) is 1. The number of rotatable bonds is 12. The van der Waals surface area contributed by atoms with Crippen LogP contribution in [-0.2, 0) is 9.59 Å². The fraction of sp³-hybridized carbons (Fsp3) is 0.400. The molecule has 1 aromatic heterocycles. The summed E-state index contributed by atoms with van der Waals surface area (Å²) in [4.78, 5) is 46.5. The molecular formula is C40H45F2N5O7. The van der Waals surface area contributed by atoms with E-state index in [4.69, 9.17) is 14.2 Å². The van der Waals surface area contributed by atoms with Gasteiger partial charge in [-0.15, -0.1) is 0 Å². The number of nitrogens with one attached hydrogen (secondary N) is 2. The molecule has 0 spiro atoms. The smallest absolute Gasteiger partial charge is 0.407 e. The number of methoxy groups -OCH3 is 1. The molecule has 3 amide bonds. The highest BCUT2D eigenvalue weighted by atomic mass is 19.1. The number of pyridine rings is 1. The van der Waals surface area contributed by atoms with Crippen molar-refractivity contribution in [2.45, 2.75) is 46.6 Å². The molecule has 2 aliphatic rings. The van der Waals surface area contributed by atoms with E-state index in [-0.39, 0.29) is 28.8 Å². The van der Waals surface area contributed by atoms with Crippen molar-refractivity contribution in [2.24, 2.45) is 16.7 Å². The van der Waals surface area contributed by atoms with Gasteiger partial charge in [-0.1, -0.05) is 27.7 Å². The Balaban J connectivity index is 1.08. The highest BCUT2D eigenvalue weighted by molar-refractivity contribution is 6.17. The number of nitrogens with zero attached hydrogens (tertiary/aromatic N) is 3. The van der Waals surface area contributed by atoms with Crippen LogP contribution < -0.4 is 24.8 Å². The third-order valence-electron chi connectivity index (χ3n) is 10.2. The number of carbonyl (C=O) groups excluding carboxylic acids is 2. The van der Waals surface area contributed by atoms with Crippen molar-refractivity contribution in [3.63, 3.8) is 0 Å². The van der Waals surface area contributed by atoms with E-state index in [1.807, 2.05) is 0 Å². The van der Waals surface area contributed by atoms with Gasteiger partial charge in [0, 0.05) is 61.3 Å². The van der Waals surface area contributed by atoms with Crippen LogP contribution in [0.1, 0.15) is 40.5 Å². The minimum Gasteiger partial charge on any atom is -0.493 e. The maximum absolute atomic E-state index is 15.4. The van der Waals surface area contributed by atoms with Crippen LogP contribution in [0, 0.1) is 28.4 Å². The van der Waals surface area contributed by atoms with Crippen LogP contribution in [0.3, 0.4) is 0 Å². The Morgan fingerprint density at radius 2 is 1.61 bits per heavy atom. The summed E-state index contributed by atoms with van der Waals surface area (Å²) >= 11 is 0. The largest absolute Gasteiger partial charge is 0.493 e. The van der Waals surface area contributed by atoms with Gasteiger partial charge in [-0.05, 0) is 72.7 Å². The fourth-order valence-electron chi connectivity index (χ4n) is 6.93. The van der Waals surface area contributed by atoms with Gasteiger partial charge >= 0.3 is 6.09 Å². The van der Waals surface area contributed by atoms with E-state index in [9.17, 15) is 23.9 Å². The summed E-state index contributed by atoms with van der Waals surface area (Å²) in [5.74, 6) is -1.38. The molecule has 54 heavy (non-hydrogen) atoms. The Kier molecular flexibility index (Phi) is 10.9. The van der Waals surface area contributed by atoms with Crippen molar-refractivity contribution in [1.29, 1.82) is 0 Å². The number of aromatic nitrogens is 1. The Bertz CT molecular complexity index is 2040. The van der Waals surface area contributed by atoms with Gasteiger partial charge in [0.25, 0.3) is 0 Å². The molecule has 1 saturated heterocycles. The van der Waals surface area contributed by atoms with Gasteiger partial charge in [0.1, 0.15) is 17.0 Å². The maximum Gasteiger partial charge on any atom is 0.407 e. The van der Waals surface area contributed by atoms with Gasteiger partial charge in [-0.25, -0.2) is 13.6 Å². The Labute approximate surface area is 312 Å². The Morgan fingerprint density at radius 1 is 0.926 bits per heavy atom. The first-order valence-corrected chi connectivity index (χ1v) is 17.9. The number of anilines is 2. The number of ether oxygens (including phenoxy) is 3. The lowest BCUT2D eigenvalue weighted by Gasteiger charge is -2.46. The van der Waals surface area contributed by atoms with Crippen molar-refractivity contribution in [3.8, 4) is 23.0 Å². The Morgan fingerprint density at radius 3 is 2.24 bits per heavy atom. The molecule has 14 heteroatoms. The van der Waals surface area contributed by atoms with Crippen molar-refractivity contribution < 1.29 is 42.5 Å². The predicted octanol–water partition coefficient (Wildman–Crippen LogP) is 7.40. The van der Waals surface area contributed by atoms with Gasteiger partial charge < -0.3 is 34.9 Å². The molecule has 1 saturated carbocycles. The molecule has 3 atom stereocenters. The first-order valence-electron chi connectivity index (χ1n) is 17.9. The second-order valence-electron chi connectivity index (χ2n) is 14.9. The summed E-state index contributed by atoms with van der Waals surface area (Å²) in [5.41, 5.74) is -0.485. The fourth-order valence-corrected chi connectivity index (χ4v) is 6.93. The molecule has 3 aromatic carbocycles. The van der Waals surface area contributed by atoms with Gasteiger partial charge in [0.05, 0.1) is 25.3 Å². The summed E-state index contributed by atoms with van der Waals surface area (Å²) < 4.78 is 46.5. The molecule has 1 unspecified atom stereocenters. The summed E-state index contributed by atoms with van der Waals surface area (Å²) in [6, 6.07) is 14.2. The van der Waals surface area contributed by atoms with E-state index in [1.54, 1.807) is 25.1 Å². The molecule has 0 radical (unpaired) electrons. The SMILES string of the molecule is COc1cc2c(Oc3ccc(NC(=O)[C@]4(C(=O)Nc5ccc(F)cc5)C[C@H]4C)cc3F)ccnc2cc1OCCCN1CCN(C(=O)O)C(C(C)(C)C)C1. The number of amides is 3. The van der Waals surface area contributed by atoms with Gasteiger partial charge in [-0.2, -0.15) is 0 Å². The number of benzene rings is 3. The number of hydrogen-bond donors (Lipinski definition) is 3. The molecule has 12 nitrogen and oxygen atoms in total. The quantitative estimate of drug-likeness (QED) is 0.0999. The lowest BCUT2D eigenvalue weighted by atomic mass is 9.84. The van der Waals surface area contributed by atoms with Crippen molar-refractivity contribution in [1.82, 2.24) is 14.8 Å². The second kappa shape index (κ2) is 15.5. The molecular weight excluding hydrogens is 700 g/mol. The second-order valence-corrected chi connectivity index (χ2v) is 14.9. The van der Waals surface area contributed by atoms with Crippen molar-refractivity contribution in [2.75, 3.05) is 50.5 Å². The van der Waals surface area contributed by atoms with E-state index in [0.29, 0.717) is 72.9 Å². The first-order chi connectivity index (χ1) is 25.7. The first kappa shape index (κ1) is 38.2. The van der Waals surface area contributed by atoms with Crippen LogP contribution in [0.25, 0.3) is 10.9 Å². The van der Waals surface area contributed by atoms with Crippen LogP contribution in [0.2, 0.25) is 0 Å². The maximum atomic E-state index is 15.4. The van der Waals surface area contributed by atoms with Gasteiger partial charge in [0.15, 0.2) is 23.1 Å². The number of carbonyl (C=O) groups is 3. The number of piperazine rings is 1. The van der Waals surface area contributed by atoms with E-state index >= 15 is 4.39 Å². The van der Waals surface area contributed by atoms with Crippen LogP contribution in [-0.4, -0.2) is 83.7 Å². The predicted molar refractivity (Wildman–Crippen MR) is 199 cm³/mol. The minimum absolute atomic E-state index is 0.0961. The summed E-state index contributed by atoms with van der Waals surface area (Å²) in [6.45, 7) is 10.8. The van der Waals surface area contributed by atoms with Crippen LogP contribution >= 0.6 is 0 Å². The number of fused-ring (bicyclic) bond motifs is 1. The zero-order valence-electron chi connectivity index (χ0n) is 30.9. The van der Waals surface area contributed by atoms with Crippen LogP contribution in [0.4, 0.5) is 25.0 Å². The molecule has 6 rings (SSSR count). The summed E-state index contributed by atoms with van der Waals surface area (Å²) in [6.07, 6.45) is 1.67. The standard InChI is InChI=1S/C40H45F2N5O7/c1-24-22-40(24,36(48)44-26-9-7-25(41)8-10-26)37(49)45-27-11-12-32(29(42)19-27)54-31-13-14-43-30-21-34(33(52-5)20-28(30)31)53-18-6-15-46-16-17-47(38(50)51)35(23-46)39(2,3)4/h7-14,19-21,24,35H,6,15-18,22-23H2,1-5H3,(H,44,48)(H,45,49)(H,50,51)/t24-,35?,40-/m1/s1. The minimum atomic E-state index is -1.34. The van der Waals surface area contributed by atoms with E-state index < -0.39 is 35.0 Å². The molecule has 3 N–H and O–H groups in total. The normalized spacial score (nSPS) is 19.9. The monoisotopic (exact) mass is 745 g/mol. The summed E-state index contributed by atoms with van der Waals surface area (Å²) in [5, 5.41) is 15.6. The highest BCUT2D eigenvalue weighted by Gasteiger charge is 2.63. The van der Waals surface area contributed by atoms with Crippen LogP contribution in [0.15, 0.2) is 66.9 Å². The summed E-state index contributed by atoms with van der Waals surface area (Å²) in [7, 11) is 1.52. The average molecular weight is 746 g/mol. The zero-order chi connectivity index (χ0) is 38.8.